The molecule has 6 aromatic carbocycles. The minimum Gasteiger partial charge on any atom is -0.456 e. The van der Waals surface area contributed by atoms with Crippen molar-refractivity contribution in [2.45, 2.75) is 0 Å². The smallest absolute Gasteiger partial charge is 0.166 e. The Labute approximate surface area is 314 Å². The molecule has 0 fully saturated rings. The van der Waals surface area contributed by atoms with Gasteiger partial charge in [0.15, 0.2) is 17.5 Å². The zero-order chi connectivity index (χ0) is 36.3. The van der Waals surface area contributed by atoms with Crippen LogP contribution in [0.15, 0.2) is 174 Å². The first kappa shape index (κ1) is 30.9. The Balaban J connectivity index is 1.05. The van der Waals surface area contributed by atoms with E-state index in [1.165, 1.54) is 0 Å². The molecule has 5 aromatic heterocycles. The number of rotatable bonds is 5. The fraction of sp³-hybridized carbons (Fsp3) is 0. The number of benzene rings is 6. The molecule has 0 amide bonds. The summed E-state index contributed by atoms with van der Waals surface area (Å²) in [4.78, 5) is 30.3. The van der Waals surface area contributed by atoms with Crippen molar-refractivity contribution in [1.82, 2.24) is 29.9 Å². The predicted molar refractivity (Wildman–Crippen MR) is 220 cm³/mol. The lowest BCUT2D eigenvalue weighted by atomic mass is 10.0. The molecule has 7 nitrogen and oxygen atoms in total. The van der Waals surface area contributed by atoms with Gasteiger partial charge in [-0.1, -0.05) is 127 Å². The second kappa shape index (κ2) is 12.5. The van der Waals surface area contributed by atoms with Crippen molar-refractivity contribution >= 4 is 54.6 Å². The molecule has 0 bridgehead atoms. The van der Waals surface area contributed by atoms with Crippen LogP contribution < -0.4 is 0 Å². The minimum atomic E-state index is 0.545. The van der Waals surface area contributed by atoms with E-state index in [9.17, 15) is 0 Å². The monoisotopic (exact) mass is 704 g/mol. The summed E-state index contributed by atoms with van der Waals surface area (Å²) in [6.45, 7) is 0. The highest BCUT2D eigenvalue weighted by molar-refractivity contribution is 6.12. The summed E-state index contributed by atoms with van der Waals surface area (Å²) in [5.74, 6) is 1.66. The molecule has 0 aliphatic heterocycles. The first-order valence-corrected chi connectivity index (χ1v) is 18.1. The Hall–Kier alpha value is -7.64. The van der Waals surface area contributed by atoms with Crippen molar-refractivity contribution in [2.75, 3.05) is 0 Å². The van der Waals surface area contributed by atoms with E-state index in [0.717, 1.165) is 93.9 Å². The van der Waals surface area contributed by atoms with Gasteiger partial charge in [0.05, 0.1) is 27.9 Å². The van der Waals surface area contributed by atoms with Crippen LogP contribution in [0.4, 0.5) is 0 Å². The summed E-state index contributed by atoms with van der Waals surface area (Å²) in [7, 11) is 0. The normalized spacial score (nSPS) is 11.6. The van der Waals surface area contributed by atoms with E-state index in [0.29, 0.717) is 17.5 Å². The van der Waals surface area contributed by atoms with Crippen molar-refractivity contribution < 1.29 is 4.42 Å². The van der Waals surface area contributed by atoms with Crippen molar-refractivity contribution in [1.29, 1.82) is 0 Å². The van der Waals surface area contributed by atoms with E-state index in [1.807, 2.05) is 97.1 Å². The predicted octanol–water partition coefficient (Wildman–Crippen LogP) is 11.8. The summed E-state index contributed by atoms with van der Waals surface area (Å²) < 4.78 is 6.24. The molecule has 0 spiro atoms. The third-order valence-corrected chi connectivity index (χ3v) is 10.2. The van der Waals surface area contributed by atoms with Crippen LogP contribution in [0.3, 0.4) is 0 Å². The van der Waals surface area contributed by atoms with Crippen LogP contribution in [0, 0.1) is 0 Å². The summed E-state index contributed by atoms with van der Waals surface area (Å²) >= 11 is 0. The summed E-state index contributed by atoms with van der Waals surface area (Å²) in [6, 6.07) is 55.2. The lowest BCUT2D eigenvalue weighted by Gasteiger charge is -2.11. The molecule has 11 aromatic rings. The largest absolute Gasteiger partial charge is 0.456 e. The van der Waals surface area contributed by atoms with Gasteiger partial charge in [-0.05, 0) is 36.4 Å². The number of hydrogen-bond acceptors (Lipinski definition) is 7. The number of fused-ring (bicyclic) bond motifs is 7. The van der Waals surface area contributed by atoms with Crippen molar-refractivity contribution in [3.05, 3.63) is 170 Å². The molecule has 5 heterocycles. The number of hydrogen-bond donors (Lipinski definition) is 0. The van der Waals surface area contributed by atoms with Gasteiger partial charge in [-0.2, -0.15) is 0 Å². The van der Waals surface area contributed by atoms with E-state index in [1.54, 1.807) is 6.20 Å². The van der Waals surface area contributed by atoms with Gasteiger partial charge in [0.2, 0.25) is 0 Å². The highest BCUT2D eigenvalue weighted by Gasteiger charge is 2.19. The standard InChI is InChI=1S/C48H28N6O/c1-2-9-29(10-3-1)38-26-24-32-20-21-33-25-27-39(51-45(33)44(32)50-38)30-18-22-34(23-19-30)46-52-47(36-14-7-17-41-42(36)35-13-4-5-16-40(35)55-41)54-48(53-46)37-15-6-11-31-12-8-28-49-43(31)37/h1-28H. The van der Waals surface area contributed by atoms with E-state index < -0.39 is 0 Å². The zero-order valence-electron chi connectivity index (χ0n) is 29.3. The Morgan fingerprint density at radius 3 is 1.69 bits per heavy atom. The van der Waals surface area contributed by atoms with Gasteiger partial charge in [-0.3, -0.25) is 4.98 Å². The topological polar surface area (TPSA) is 90.5 Å². The third-order valence-electron chi connectivity index (χ3n) is 10.2. The zero-order valence-corrected chi connectivity index (χ0v) is 29.3. The molecular formula is C48H28N6O. The second-order valence-corrected chi connectivity index (χ2v) is 13.5. The Morgan fingerprint density at radius 1 is 0.345 bits per heavy atom. The van der Waals surface area contributed by atoms with E-state index >= 15 is 0 Å². The lowest BCUT2D eigenvalue weighted by molar-refractivity contribution is 0.669. The van der Waals surface area contributed by atoms with Gasteiger partial charge in [-0.15, -0.1) is 0 Å². The van der Waals surface area contributed by atoms with Gasteiger partial charge in [-0.25, -0.2) is 24.9 Å². The molecule has 0 unspecified atom stereocenters. The number of pyridine rings is 3. The molecule has 0 aliphatic carbocycles. The molecular weight excluding hydrogens is 677 g/mol. The van der Waals surface area contributed by atoms with E-state index in [-0.39, 0.29) is 0 Å². The maximum Gasteiger partial charge on any atom is 0.166 e. The Morgan fingerprint density at radius 2 is 0.909 bits per heavy atom. The van der Waals surface area contributed by atoms with Crippen LogP contribution in [-0.2, 0) is 0 Å². The average molecular weight is 705 g/mol. The van der Waals surface area contributed by atoms with Gasteiger partial charge in [0.1, 0.15) is 11.2 Å². The lowest BCUT2D eigenvalue weighted by Crippen LogP contribution is -2.01. The van der Waals surface area contributed by atoms with E-state index in [2.05, 4.69) is 66.7 Å². The van der Waals surface area contributed by atoms with Gasteiger partial charge >= 0.3 is 0 Å². The number of aromatic nitrogens is 6. The maximum absolute atomic E-state index is 6.24. The maximum atomic E-state index is 6.24. The quantitative estimate of drug-likeness (QED) is 0.165. The molecule has 0 saturated carbocycles. The highest BCUT2D eigenvalue weighted by Crippen LogP contribution is 2.37. The molecule has 0 atom stereocenters. The van der Waals surface area contributed by atoms with Crippen LogP contribution in [0.1, 0.15) is 0 Å². The molecule has 55 heavy (non-hydrogen) atoms. The third kappa shape index (κ3) is 5.29. The molecule has 7 heteroatoms. The highest BCUT2D eigenvalue weighted by atomic mass is 16.3. The number of para-hydroxylation sites is 2. The van der Waals surface area contributed by atoms with Gasteiger partial charge < -0.3 is 4.42 Å². The number of nitrogens with zero attached hydrogens (tertiary/aromatic N) is 6. The van der Waals surface area contributed by atoms with Crippen molar-refractivity contribution in [2.24, 2.45) is 0 Å². The second-order valence-electron chi connectivity index (χ2n) is 13.5. The molecule has 256 valence electrons. The Kier molecular flexibility index (Phi) is 7.03. The molecule has 0 saturated heterocycles. The average Bonchev–Trinajstić information content (AvgIpc) is 3.65. The first-order valence-electron chi connectivity index (χ1n) is 18.1. The Bertz CT molecular complexity index is 3260. The number of furan rings is 1. The van der Waals surface area contributed by atoms with Crippen molar-refractivity contribution in [3.63, 3.8) is 0 Å². The molecule has 0 radical (unpaired) electrons. The SMILES string of the molecule is c1ccc(-c2ccc3ccc4ccc(-c5ccc(-c6nc(-c7cccc8cccnc78)nc(-c7cccc8oc9ccccc9c78)n6)cc5)nc4c3n2)cc1. The molecule has 0 N–H and O–H groups in total. The first-order chi connectivity index (χ1) is 27.2. The fourth-order valence-corrected chi connectivity index (χ4v) is 7.48. The van der Waals surface area contributed by atoms with Crippen LogP contribution in [0.2, 0.25) is 0 Å². The summed E-state index contributed by atoms with van der Waals surface area (Å²) in [5.41, 5.74) is 10.6. The van der Waals surface area contributed by atoms with E-state index in [4.69, 9.17) is 34.3 Å². The van der Waals surface area contributed by atoms with Crippen LogP contribution >= 0.6 is 0 Å². The molecule has 0 aliphatic rings. The van der Waals surface area contributed by atoms with Crippen LogP contribution in [0.5, 0.6) is 0 Å². The van der Waals surface area contributed by atoms with Gasteiger partial charge in [0.25, 0.3) is 0 Å². The van der Waals surface area contributed by atoms with Crippen LogP contribution in [-0.4, -0.2) is 29.9 Å². The van der Waals surface area contributed by atoms with Gasteiger partial charge in [0, 0.05) is 60.9 Å². The fourth-order valence-electron chi connectivity index (χ4n) is 7.48. The summed E-state index contributed by atoms with van der Waals surface area (Å²) in [6.07, 6.45) is 1.80. The molecule has 11 rings (SSSR count). The minimum absolute atomic E-state index is 0.545. The van der Waals surface area contributed by atoms with Crippen LogP contribution in [0.25, 0.3) is 111 Å². The summed E-state index contributed by atoms with van der Waals surface area (Å²) in [5, 5.41) is 5.08. The van der Waals surface area contributed by atoms with Crippen molar-refractivity contribution in [3.8, 4) is 56.7 Å².